The lowest BCUT2D eigenvalue weighted by atomic mass is 10.1. The predicted octanol–water partition coefficient (Wildman–Crippen LogP) is 4.99. The second-order valence-electron chi connectivity index (χ2n) is 6.89. The highest BCUT2D eigenvalue weighted by Gasteiger charge is 2.20. The second kappa shape index (κ2) is 9.42. The molecule has 0 saturated heterocycles. The van der Waals surface area contributed by atoms with Crippen LogP contribution >= 0.6 is 11.8 Å². The zero-order valence-corrected chi connectivity index (χ0v) is 16.8. The Morgan fingerprint density at radius 3 is 2.19 bits per heavy atom. The molecule has 0 saturated carbocycles. The van der Waals surface area contributed by atoms with Crippen LogP contribution in [0.4, 0.5) is 0 Å². The molecule has 0 amide bonds. The third-order valence-corrected chi connectivity index (χ3v) is 4.53. The first-order valence-corrected chi connectivity index (χ1v) is 9.57. The third-order valence-electron chi connectivity index (χ3n) is 3.47. The zero-order chi connectivity index (χ0) is 19.9. The maximum atomic E-state index is 12.6. The Balaban J connectivity index is 2.23. The van der Waals surface area contributed by atoms with E-state index in [1.807, 2.05) is 51.1 Å². The number of rotatable bonds is 6. The number of ether oxygens (including phenoxy) is 2. The van der Waals surface area contributed by atoms with Crippen molar-refractivity contribution in [1.82, 2.24) is 0 Å². The predicted molar refractivity (Wildman–Crippen MR) is 109 cm³/mol. The Bertz CT molecular complexity index is 802. The summed E-state index contributed by atoms with van der Waals surface area (Å²) in [5.74, 6) is -0.252. The van der Waals surface area contributed by atoms with Crippen LogP contribution in [0.15, 0.2) is 65.1 Å². The highest BCUT2D eigenvalue weighted by atomic mass is 32.2. The molecule has 0 aliphatic rings. The molecule has 0 heterocycles. The maximum Gasteiger partial charge on any atom is 0.337 e. The summed E-state index contributed by atoms with van der Waals surface area (Å²) in [6, 6.07) is 16.8. The van der Waals surface area contributed by atoms with E-state index in [4.69, 9.17) is 9.47 Å². The number of carbonyl (C=O) groups excluding carboxylic acids is 2. The molecule has 0 spiro atoms. The smallest absolute Gasteiger partial charge is 0.337 e. The van der Waals surface area contributed by atoms with E-state index in [2.05, 4.69) is 0 Å². The molecule has 0 aromatic heterocycles. The summed E-state index contributed by atoms with van der Waals surface area (Å²) in [7, 11) is 1.34. The highest BCUT2D eigenvalue weighted by molar-refractivity contribution is 7.99. The number of benzene rings is 2. The van der Waals surface area contributed by atoms with Crippen molar-refractivity contribution in [1.29, 1.82) is 0 Å². The summed E-state index contributed by atoms with van der Waals surface area (Å²) < 4.78 is 10.3. The molecule has 0 bridgehead atoms. The van der Waals surface area contributed by atoms with Gasteiger partial charge in [-0.25, -0.2) is 9.59 Å². The molecule has 2 aromatic carbocycles. The van der Waals surface area contributed by atoms with E-state index in [1.54, 1.807) is 42.1 Å². The van der Waals surface area contributed by atoms with E-state index in [1.165, 1.54) is 7.11 Å². The molecule has 0 N–H and O–H groups in total. The van der Waals surface area contributed by atoms with Gasteiger partial charge in [-0.05, 0) is 56.7 Å². The Kier molecular flexibility index (Phi) is 7.25. The van der Waals surface area contributed by atoms with Crippen molar-refractivity contribution in [2.24, 2.45) is 0 Å². The summed E-state index contributed by atoms with van der Waals surface area (Å²) in [4.78, 5) is 25.3. The first kappa shape index (κ1) is 20.8. The van der Waals surface area contributed by atoms with Crippen LogP contribution in [0.2, 0.25) is 0 Å². The Hall–Kier alpha value is -2.53. The van der Waals surface area contributed by atoms with Gasteiger partial charge < -0.3 is 9.47 Å². The number of methoxy groups -OCH3 is 1. The van der Waals surface area contributed by atoms with Crippen molar-refractivity contribution < 1.29 is 19.1 Å². The molecule has 4 nitrogen and oxygen atoms in total. The minimum Gasteiger partial charge on any atom is -0.465 e. The fourth-order valence-corrected chi connectivity index (χ4v) is 3.09. The van der Waals surface area contributed by atoms with Gasteiger partial charge in [0, 0.05) is 16.2 Å². The standard InChI is InChI=1S/C22H24O4S/c1-22(2,3)26-21(24)18(15-27-19-8-6-5-7-9-19)14-16-10-12-17(13-11-16)20(23)25-4/h5-14H,15H2,1-4H3/b18-14+. The summed E-state index contributed by atoms with van der Waals surface area (Å²) >= 11 is 1.57. The molecule has 0 fully saturated rings. The normalized spacial score (nSPS) is 11.8. The molecular weight excluding hydrogens is 360 g/mol. The molecule has 0 atom stereocenters. The number of hydrogen-bond donors (Lipinski definition) is 0. The summed E-state index contributed by atoms with van der Waals surface area (Å²) in [6.45, 7) is 5.54. The number of thioether (sulfide) groups is 1. The van der Waals surface area contributed by atoms with Crippen molar-refractivity contribution in [3.63, 3.8) is 0 Å². The van der Waals surface area contributed by atoms with E-state index >= 15 is 0 Å². The van der Waals surface area contributed by atoms with Crippen molar-refractivity contribution in [2.45, 2.75) is 31.3 Å². The molecule has 27 heavy (non-hydrogen) atoms. The van der Waals surface area contributed by atoms with Crippen LogP contribution in [0.5, 0.6) is 0 Å². The summed E-state index contributed by atoms with van der Waals surface area (Å²) in [5, 5.41) is 0. The van der Waals surface area contributed by atoms with E-state index < -0.39 is 11.6 Å². The molecule has 0 aliphatic carbocycles. The highest BCUT2D eigenvalue weighted by Crippen LogP contribution is 2.23. The minimum absolute atomic E-state index is 0.344. The maximum absolute atomic E-state index is 12.6. The van der Waals surface area contributed by atoms with Gasteiger partial charge in [0.2, 0.25) is 0 Å². The van der Waals surface area contributed by atoms with Gasteiger partial charge in [0.05, 0.1) is 12.7 Å². The van der Waals surface area contributed by atoms with Gasteiger partial charge in [0.15, 0.2) is 0 Å². The van der Waals surface area contributed by atoms with Crippen molar-refractivity contribution in [3.8, 4) is 0 Å². The lowest BCUT2D eigenvalue weighted by molar-refractivity contribution is -0.149. The van der Waals surface area contributed by atoms with Crippen LogP contribution < -0.4 is 0 Å². The molecule has 5 heteroatoms. The zero-order valence-electron chi connectivity index (χ0n) is 16.0. The van der Waals surface area contributed by atoms with Crippen LogP contribution in [0.25, 0.3) is 6.08 Å². The van der Waals surface area contributed by atoms with Gasteiger partial charge in [-0.2, -0.15) is 0 Å². The largest absolute Gasteiger partial charge is 0.465 e. The van der Waals surface area contributed by atoms with Gasteiger partial charge in [-0.3, -0.25) is 0 Å². The van der Waals surface area contributed by atoms with Gasteiger partial charge in [0.25, 0.3) is 0 Å². The van der Waals surface area contributed by atoms with Crippen LogP contribution in [-0.4, -0.2) is 30.4 Å². The molecule has 0 radical (unpaired) electrons. The van der Waals surface area contributed by atoms with E-state index in [-0.39, 0.29) is 5.97 Å². The van der Waals surface area contributed by atoms with E-state index in [0.29, 0.717) is 16.9 Å². The summed E-state index contributed by atoms with van der Waals surface area (Å²) in [5.41, 5.74) is 1.27. The number of esters is 2. The van der Waals surface area contributed by atoms with Gasteiger partial charge >= 0.3 is 11.9 Å². The molecule has 0 unspecified atom stereocenters. The molecule has 142 valence electrons. The Labute approximate surface area is 164 Å². The van der Waals surface area contributed by atoms with Crippen molar-refractivity contribution >= 4 is 29.8 Å². The SMILES string of the molecule is COC(=O)c1ccc(/C=C(\CSc2ccccc2)C(=O)OC(C)(C)C)cc1. The average molecular weight is 384 g/mol. The average Bonchev–Trinajstić information content (AvgIpc) is 2.64. The van der Waals surface area contributed by atoms with Gasteiger partial charge in [-0.1, -0.05) is 30.3 Å². The Morgan fingerprint density at radius 2 is 1.63 bits per heavy atom. The monoisotopic (exact) mass is 384 g/mol. The molecular formula is C22H24O4S. The van der Waals surface area contributed by atoms with E-state index in [0.717, 1.165) is 10.5 Å². The molecule has 2 aromatic rings. The fraction of sp³-hybridized carbons (Fsp3) is 0.273. The second-order valence-corrected chi connectivity index (χ2v) is 7.94. The van der Waals surface area contributed by atoms with E-state index in [9.17, 15) is 9.59 Å². The first-order chi connectivity index (χ1) is 12.8. The lowest BCUT2D eigenvalue weighted by Crippen LogP contribution is -2.25. The van der Waals surface area contributed by atoms with Crippen LogP contribution in [0, 0.1) is 0 Å². The summed E-state index contributed by atoms with van der Waals surface area (Å²) in [6.07, 6.45) is 1.80. The van der Waals surface area contributed by atoms with Gasteiger partial charge in [0.1, 0.15) is 5.60 Å². The van der Waals surface area contributed by atoms with Gasteiger partial charge in [-0.15, -0.1) is 11.8 Å². The topological polar surface area (TPSA) is 52.6 Å². The quantitative estimate of drug-likeness (QED) is 0.399. The Morgan fingerprint density at radius 1 is 1.00 bits per heavy atom. The van der Waals surface area contributed by atoms with Crippen molar-refractivity contribution in [3.05, 3.63) is 71.3 Å². The third kappa shape index (κ3) is 6.94. The molecule has 0 aliphatic heterocycles. The molecule has 2 rings (SSSR count). The first-order valence-electron chi connectivity index (χ1n) is 8.58. The number of hydrogen-bond acceptors (Lipinski definition) is 5. The van der Waals surface area contributed by atoms with Crippen LogP contribution in [0.1, 0.15) is 36.7 Å². The van der Waals surface area contributed by atoms with Crippen molar-refractivity contribution in [2.75, 3.05) is 12.9 Å². The van der Waals surface area contributed by atoms with Crippen LogP contribution in [-0.2, 0) is 14.3 Å². The van der Waals surface area contributed by atoms with Crippen LogP contribution in [0.3, 0.4) is 0 Å². The lowest BCUT2D eigenvalue weighted by Gasteiger charge is -2.20. The number of carbonyl (C=O) groups is 2. The fourth-order valence-electron chi connectivity index (χ4n) is 2.22. The minimum atomic E-state index is -0.567.